The molecule has 25 heavy (non-hydrogen) atoms. The van der Waals surface area contributed by atoms with Crippen LogP contribution in [0.25, 0.3) is 10.2 Å². The van der Waals surface area contributed by atoms with Crippen LogP contribution in [0.1, 0.15) is 16.1 Å². The van der Waals surface area contributed by atoms with Gasteiger partial charge in [0.1, 0.15) is 0 Å². The molecule has 0 saturated carbocycles. The smallest absolute Gasteiger partial charge is 0.295 e. The van der Waals surface area contributed by atoms with E-state index in [9.17, 15) is 4.79 Å². The number of amides is 1. The summed E-state index contributed by atoms with van der Waals surface area (Å²) in [6, 6.07) is 7.12. The maximum Gasteiger partial charge on any atom is 0.295 e. The van der Waals surface area contributed by atoms with E-state index in [1.807, 2.05) is 38.1 Å². The molecule has 0 aliphatic rings. The number of thiazole rings is 1. The van der Waals surface area contributed by atoms with Gasteiger partial charge in [-0.1, -0.05) is 22.9 Å². The molecule has 132 valence electrons. The number of hydrogen-bond donors (Lipinski definition) is 0. The van der Waals surface area contributed by atoms with Crippen molar-refractivity contribution in [3.8, 4) is 0 Å². The quantitative estimate of drug-likeness (QED) is 0.568. The van der Waals surface area contributed by atoms with Gasteiger partial charge in [-0.3, -0.25) is 9.69 Å². The van der Waals surface area contributed by atoms with Crippen molar-refractivity contribution in [2.75, 3.05) is 32.1 Å². The fourth-order valence-electron chi connectivity index (χ4n) is 2.40. The molecule has 0 atom stereocenters. The highest BCUT2D eigenvalue weighted by molar-refractivity contribution is 9.10. The van der Waals surface area contributed by atoms with Gasteiger partial charge in [-0.15, -0.1) is 0 Å². The van der Waals surface area contributed by atoms with Crippen molar-refractivity contribution in [3.63, 3.8) is 0 Å². The van der Waals surface area contributed by atoms with Crippen LogP contribution in [-0.2, 0) is 0 Å². The monoisotopic (exact) mass is 441 g/mol. The number of halogens is 2. The summed E-state index contributed by atoms with van der Waals surface area (Å²) in [6.07, 6.45) is 0. The highest BCUT2D eigenvalue weighted by Crippen LogP contribution is 2.33. The highest BCUT2D eigenvalue weighted by Gasteiger charge is 2.24. The summed E-state index contributed by atoms with van der Waals surface area (Å²) in [5, 5.41) is 1.31. The van der Waals surface area contributed by atoms with Crippen LogP contribution >= 0.6 is 38.9 Å². The van der Waals surface area contributed by atoms with Crippen LogP contribution in [0.4, 0.5) is 5.13 Å². The summed E-state index contributed by atoms with van der Waals surface area (Å²) in [4.78, 5) is 21.3. The number of furan rings is 1. The number of carbonyl (C=O) groups is 1. The number of aromatic nitrogens is 1. The minimum Gasteiger partial charge on any atom is -0.444 e. The summed E-state index contributed by atoms with van der Waals surface area (Å²) < 4.78 is 6.92. The van der Waals surface area contributed by atoms with Crippen molar-refractivity contribution in [2.45, 2.75) is 6.92 Å². The second-order valence-corrected chi connectivity index (χ2v) is 8.16. The van der Waals surface area contributed by atoms with Gasteiger partial charge < -0.3 is 9.32 Å². The molecule has 2 heterocycles. The molecule has 3 aromatic rings. The fourth-order valence-corrected chi connectivity index (χ4v) is 4.16. The average molecular weight is 443 g/mol. The maximum absolute atomic E-state index is 12.9. The molecule has 2 aromatic heterocycles. The van der Waals surface area contributed by atoms with E-state index in [4.69, 9.17) is 16.0 Å². The largest absolute Gasteiger partial charge is 0.444 e. The first kappa shape index (κ1) is 18.4. The molecule has 0 bridgehead atoms. The van der Waals surface area contributed by atoms with Crippen LogP contribution in [0.2, 0.25) is 5.02 Å². The van der Waals surface area contributed by atoms with E-state index in [1.54, 1.807) is 17.0 Å². The zero-order chi connectivity index (χ0) is 18.1. The average Bonchev–Trinajstić information content (AvgIpc) is 3.13. The van der Waals surface area contributed by atoms with Crippen LogP contribution < -0.4 is 4.90 Å². The molecule has 3 rings (SSSR count). The number of fused-ring (bicyclic) bond motifs is 1. The van der Waals surface area contributed by atoms with Crippen LogP contribution in [0, 0.1) is 6.92 Å². The molecule has 0 spiro atoms. The van der Waals surface area contributed by atoms with Gasteiger partial charge in [0.05, 0.1) is 10.2 Å². The van der Waals surface area contributed by atoms with Crippen molar-refractivity contribution in [3.05, 3.63) is 45.3 Å². The first-order chi connectivity index (χ1) is 11.8. The Labute approximate surface area is 163 Å². The fraction of sp³-hybridized carbons (Fsp3) is 0.294. The van der Waals surface area contributed by atoms with Gasteiger partial charge in [0.15, 0.2) is 15.6 Å². The molecule has 0 aliphatic heterocycles. The lowest BCUT2D eigenvalue weighted by Gasteiger charge is -2.20. The summed E-state index contributed by atoms with van der Waals surface area (Å²) >= 11 is 10.8. The zero-order valence-corrected chi connectivity index (χ0v) is 17.2. The van der Waals surface area contributed by atoms with Crippen molar-refractivity contribution >= 4 is 60.1 Å². The van der Waals surface area contributed by atoms with Gasteiger partial charge in [-0.05, 0) is 66.8 Å². The summed E-state index contributed by atoms with van der Waals surface area (Å²) in [6.45, 7) is 3.19. The zero-order valence-electron chi connectivity index (χ0n) is 14.0. The van der Waals surface area contributed by atoms with E-state index in [0.717, 1.165) is 15.8 Å². The normalized spacial score (nSPS) is 11.4. The number of rotatable bonds is 5. The Morgan fingerprint density at radius 3 is 2.72 bits per heavy atom. The van der Waals surface area contributed by atoms with E-state index in [2.05, 4.69) is 20.9 Å². The van der Waals surface area contributed by atoms with E-state index < -0.39 is 0 Å². The number of hydrogen-bond acceptors (Lipinski definition) is 5. The third kappa shape index (κ3) is 4.06. The summed E-state index contributed by atoms with van der Waals surface area (Å²) in [5.74, 6) is 0.0648. The van der Waals surface area contributed by atoms with Gasteiger partial charge in [-0.25, -0.2) is 4.98 Å². The van der Waals surface area contributed by atoms with Crippen LogP contribution in [0.15, 0.2) is 33.4 Å². The summed E-state index contributed by atoms with van der Waals surface area (Å²) in [5.41, 5.74) is 1.86. The molecule has 5 nitrogen and oxygen atoms in total. The lowest BCUT2D eigenvalue weighted by Crippen LogP contribution is -2.36. The van der Waals surface area contributed by atoms with Gasteiger partial charge >= 0.3 is 0 Å². The number of aryl methyl sites for hydroxylation is 1. The van der Waals surface area contributed by atoms with Gasteiger partial charge in [0, 0.05) is 18.1 Å². The van der Waals surface area contributed by atoms with E-state index in [-0.39, 0.29) is 11.7 Å². The van der Waals surface area contributed by atoms with E-state index in [1.165, 1.54) is 11.3 Å². The third-order valence-electron chi connectivity index (χ3n) is 3.67. The molecule has 0 radical (unpaired) electrons. The van der Waals surface area contributed by atoms with Gasteiger partial charge in [0.25, 0.3) is 5.91 Å². The Kier molecular flexibility index (Phi) is 5.48. The minimum absolute atomic E-state index is 0.213. The van der Waals surface area contributed by atoms with Crippen LogP contribution in [-0.4, -0.2) is 43.0 Å². The Balaban J connectivity index is 2.01. The lowest BCUT2D eigenvalue weighted by atomic mass is 10.2. The molecule has 1 aromatic carbocycles. The Hall–Kier alpha value is -1.41. The molecule has 0 fully saturated rings. The maximum atomic E-state index is 12.9. The lowest BCUT2D eigenvalue weighted by molar-refractivity contribution is 0.0957. The van der Waals surface area contributed by atoms with Crippen molar-refractivity contribution in [1.82, 2.24) is 9.88 Å². The SMILES string of the molecule is Cc1cc(Cl)cc2sc(N(CCN(C)C)C(=O)c3ccc(Br)o3)nc12. The molecule has 1 amide bonds. The molecule has 0 aliphatic carbocycles. The van der Waals surface area contributed by atoms with Crippen LogP contribution in [0.5, 0.6) is 0 Å². The summed E-state index contributed by atoms with van der Waals surface area (Å²) in [7, 11) is 3.93. The first-order valence-corrected chi connectivity index (χ1v) is 9.62. The molecular weight excluding hydrogens is 426 g/mol. The van der Waals surface area contributed by atoms with Crippen molar-refractivity contribution in [2.24, 2.45) is 0 Å². The Morgan fingerprint density at radius 1 is 1.32 bits per heavy atom. The number of likely N-dealkylation sites (N-methyl/N-ethyl adjacent to an activating group) is 1. The molecule has 0 N–H and O–H groups in total. The van der Waals surface area contributed by atoms with Gasteiger partial charge in [0.2, 0.25) is 0 Å². The highest BCUT2D eigenvalue weighted by atomic mass is 79.9. The second kappa shape index (κ2) is 7.45. The molecular formula is C17H17BrClN3O2S. The van der Waals surface area contributed by atoms with Crippen LogP contribution in [0.3, 0.4) is 0 Å². The van der Waals surface area contributed by atoms with E-state index in [0.29, 0.717) is 27.9 Å². The number of nitrogens with zero attached hydrogens (tertiary/aromatic N) is 3. The molecule has 0 saturated heterocycles. The number of carbonyl (C=O) groups excluding carboxylic acids is 1. The van der Waals surface area contributed by atoms with Crippen molar-refractivity contribution in [1.29, 1.82) is 0 Å². The molecule has 0 unspecified atom stereocenters. The predicted molar refractivity (Wildman–Crippen MR) is 106 cm³/mol. The Morgan fingerprint density at radius 2 is 2.08 bits per heavy atom. The number of anilines is 1. The number of benzene rings is 1. The predicted octanol–water partition coefficient (Wildman–Crippen LogP) is 4.82. The van der Waals surface area contributed by atoms with Gasteiger partial charge in [-0.2, -0.15) is 0 Å². The topological polar surface area (TPSA) is 49.6 Å². The molecule has 8 heteroatoms. The first-order valence-electron chi connectivity index (χ1n) is 7.64. The Bertz CT molecular complexity index is 922. The third-order valence-corrected chi connectivity index (χ3v) is 5.34. The minimum atomic E-state index is -0.213. The second-order valence-electron chi connectivity index (χ2n) is 5.93. The van der Waals surface area contributed by atoms with Crippen molar-refractivity contribution < 1.29 is 9.21 Å². The van der Waals surface area contributed by atoms with E-state index >= 15 is 0 Å². The standard InChI is InChI=1S/C17H17BrClN3O2S/c1-10-8-11(19)9-13-15(10)20-17(25-13)22(7-6-21(2)3)16(23)12-4-5-14(18)24-12/h4-5,8-9H,6-7H2,1-3H3.